The van der Waals surface area contributed by atoms with Gasteiger partial charge < -0.3 is 15.3 Å². The molecule has 152 valence electrons. The molecule has 0 aliphatic rings. The summed E-state index contributed by atoms with van der Waals surface area (Å²) >= 11 is 1.52. The molecule has 0 saturated carbocycles. The summed E-state index contributed by atoms with van der Waals surface area (Å²) in [5.41, 5.74) is 6.96. The van der Waals surface area contributed by atoms with Crippen LogP contribution in [0.15, 0.2) is 52.7 Å². The third kappa shape index (κ3) is 4.80. The molecular weight excluding hydrogens is 388 g/mol. The Balaban J connectivity index is 1.68. The molecule has 29 heavy (non-hydrogen) atoms. The molecule has 0 fully saturated rings. The molecule has 0 aliphatic heterocycles. The van der Waals surface area contributed by atoms with E-state index >= 15 is 0 Å². The first-order chi connectivity index (χ1) is 14.0. The van der Waals surface area contributed by atoms with Gasteiger partial charge in [-0.1, -0.05) is 36.0 Å². The third-order valence-corrected chi connectivity index (χ3v) is 5.40. The van der Waals surface area contributed by atoms with E-state index < -0.39 is 0 Å². The lowest BCUT2D eigenvalue weighted by Crippen LogP contribution is -2.14. The molecule has 0 bridgehead atoms. The van der Waals surface area contributed by atoms with Gasteiger partial charge in [0.15, 0.2) is 11.5 Å². The molecule has 0 atom stereocenters. The number of hydrogen-bond donors (Lipinski definition) is 2. The van der Waals surface area contributed by atoms with Gasteiger partial charge in [0.25, 0.3) is 5.95 Å². The van der Waals surface area contributed by atoms with Crippen LogP contribution >= 0.6 is 11.8 Å². The van der Waals surface area contributed by atoms with Crippen LogP contribution in [0.5, 0.6) is 11.5 Å². The molecular formula is C20H24N6O2S. The average molecular weight is 413 g/mol. The lowest BCUT2D eigenvalue weighted by molar-refractivity contribution is 0.355. The Kier molecular flexibility index (Phi) is 6.61. The van der Waals surface area contributed by atoms with Gasteiger partial charge in [-0.25, -0.2) is 10.1 Å². The highest BCUT2D eigenvalue weighted by atomic mass is 32.2. The summed E-state index contributed by atoms with van der Waals surface area (Å²) in [5.74, 6) is 8.53. The maximum Gasteiger partial charge on any atom is 0.264 e. The fraction of sp³-hybridized carbons (Fsp3) is 0.250. The molecule has 0 saturated heterocycles. The Morgan fingerprint density at radius 3 is 2.62 bits per heavy atom. The molecule has 3 N–H and O–H groups in total. The fourth-order valence-corrected chi connectivity index (χ4v) is 3.56. The molecule has 0 radical (unpaired) electrons. The number of aromatic nitrogens is 3. The van der Waals surface area contributed by atoms with E-state index in [0.29, 0.717) is 22.6 Å². The zero-order valence-corrected chi connectivity index (χ0v) is 17.7. The van der Waals surface area contributed by atoms with Crippen LogP contribution in [0, 0.1) is 6.92 Å². The van der Waals surface area contributed by atoms with Crippen molar-refractivity contribution in [2.45, 2.75) is 24.8 Å². The van der Waals surface area contributed by atoms with Gasteiger partial charge in [-0.15, -0.1) is 10.2 Å². The van der Waals surface area contributed by atoms with Gasteiger partial charge in [0.2, 0.25) is 5.16 Å². The number of hydrogen-bond acceptors (Lipinski definition) is 8. The molecule has 9 heteroatoms. The molecule has 1 aromatic heterocycles. The number of nitrogens with zero attached hydrogens (tertiary/aromatic N) is 4. The van der Waals surface area contributed by atoms with Crippen LogP contribution in [0.3, 0.4) is 0 Å². The van der Waals surface area contributed by atoms with Crippen molar-refractivity contribution in [1.29, 1.82) is 0 Å². The lowest BCUT2D eigenvalue weighted by Gasteiger charge is -2.09. The summed E-state index contributed by atoms with van der Waals surface area (Å²) < 4.78 is 12.0. The number of benzene rings is 2. The Hall–Kier alpha value is -3.20. The largest absolute Gasteiger partial charge is 0.493 e. The lowest BCUT2D eigenvalue weighted by atomic mass is 10.1. The van der Waals surface area contributed by atoms with Gasteiger partial charge in [-0.3, -0.25) is 0 Å². The summed E-state index contributed by atoms with van der Waals surface area (Å²) in [6.45, 7) is 3.96. The van der Waals surface area contributed by atoms with E-state index in [1.807, 2.05) is 37.3 Å². The van der Waals surface area contributed by atoms with Crippen molar-refractivity contribution >= 4 is 23.4 Å². The van der Waals surface area contributed by atoms with Crippen LogP contribution in [0.4, 0.5) is 5.95 Å². The minimum absolute atomic E-state index is 0.358. The second kappa shape index (κ2) is 9.33. The average Bonchev–Trinajstić information content (AvgIpc) is 3.10. The zero-order valence-electron chi connectivity index (χ0n) is 16.8. The monoisotopic (exact) mass is 412 g/mol. The summed E-state index contributed by atoms with van der Waals surface area (Å²) in [6, 6.07) is 13.8. The number of rotatable bonds is 8. The Morgan fingerprint density at radius 1 is 1.14 bits per heavy atom. The standard InChI is InChI=1S/C20H24N6O2S/c1-13-7-5-6-8-16(13)12-29-20-25-24-19(26(20)21)23-22-14(2)15-9-10-17(27-3)18(11-15)28-4/h5-11H,12,21H2,1-4H3,(H,23,24)/b22-14+. The maximum absolute atomic E-state index is 6.12. The van der Waals surface area contributed by atoms with Crippen LogP contribution in [0.2, 0.25) is 0 Å². The van der Waals surface area contributed by atoms with Crippen molar-refractivity contribution in [3.63, 3.8) is 0 Å². The number of nitrogens with one attached hydrogen (secondary N) is 1. The molecule has 0 unspecified atom stereocenters. The Labute approximate surface area is 174 Å². The van der Waals surface area contributed by atoms with Gasteiger partial charge in [-0.05, 0) is 43.2 Å². The number of methoxy groups -OCH3 is 2. The van der Waals surface area contributed by atoms with E-state index in [-0.39, 0.29) is 0 Å². The highest BCUT2D eigenvalue weighted by Gasteiger charge is 2.11. The predicted octanol–water partition coefficient (Wildman–Crippen LogP) is 3.45. The van der Waals surface area contributed by atoms with Gasteiger partial charge in [0.05, 0.1) is 19.9 Å². The van der Waals surface area contributed by atoms with Crippen molar-refractivity contribution in [3.05, 3.63) is 59.2 Å². The van der Waals surface area contributed by atoms with Crippen LogP contribution in [-0.2, 0) is 5.75 Å². The number of ether oxygens (including phenoxy) is 2. The predicted molar refractivity (Wildman–Crippen MR) is 116 cm³/mol. The molecule has 2 aromatic carbocycles. The summed E-state index contributed by atoms with van der Waals surface area (Å²) in [4.78, 5) is 0. The molecule has 8 nitrogen and oxygen atoms in total. The molecule has 0 amide bonds. The number of nitrogen functional groups attached to an aromatic ring is 1. The topological polar surface area (TPSA) is 99.6 Å². The Bertz CT molecular complexity index is 1020. The first-order valence-corrected chi connectivity index (χ1v) is 9.92. The summed E-state index contributed by atoms with van der Waals surface area (Å²) in [6.07, 6.45) is 0. The fourth-order valence-electron chi connectivity index (χ4n) is 2.63. The van der Waals surface area contributed by atoms with Crippen LogP contribution in [0.1, 0.15) is 23.6 Å². The Morgan fingerprint density at radius 2 is 1.90 bits per heavy atom. The first-order valence-electron chi connectivity index (χ1n) is 8.94. The SMILES string of the molecule is COc1ccc(/C(C)=N/Nc2nnc(SCc3ccccc3C)n2N)cc1OC. The van der Waals surface area contributed by atoms with Gasteiger partial charge in [-0.2, -0.15) is 5.10 Å². The molecule has 3 rings (SSSR count). The van der Waals surface area contributed by atoms with Crippen molar-refractivity contribution < 1.29 is 9.47 Å². The maximum atomic E-state index is 6.12. The second-order valence-corrected chi connectivity index (χ2v) is 7.21. The molecule has 1 heterocycles. The highest BCUT2D eigenvalue weighted by Crippen LogP contribution is 2.28. The minimum Gasteiger partial charge on any atom is -0.493 e. The molecule has 0 spiro atoms. The minimum atomic E-state index is 0.358. The summed E-state index contributed by atoms with van der Waals surface area (Å²) in [5, 5.41) is 13.2. The number of hydrazone groups is 1. The van der Waals surface area contributed by atoms with Gasteiger partial charge >= 0.3 is 0 Å². The van der Waals surface area contributed by atoms with E-state index in [9.17, 15) is 0 Å². The van der Waals surface area contributed by atoms with Gasteiger partial charge in [0.1, 0.15) is 0 Å². The van der Waals surface area contributed by atoms with Crippen molar-refractivity contribution in [3.8, 4) is 11.5 Å². The van der Waals surface area contributed by atoms with E-state index in [2.05, 4.69) is 39.8 Å². The quantitative estimate of drug-likeness (QED) is 0.253. The van der Waals surface area contributed by atoms with E-state index in [1.54, 1.807) is 14.2 Å². The second-order valence-electron chi connectivity index (χ2n) is 6.27. The van der Waals surface area contributed by atoms with E-state index in [1.165, 1.54) is 27.6 Å². The van der Waals surface area contributed by atoms with Crippen molar-refractivity contribution in [2.24, 2.45) is 5.10 Å². The number of anilines is 1. The van der Waals surface area contributed by atoms with Crippen molar-refractivity contribution in [1.82, 2.24) is 14.9 Å². The normalized spacial score (nSPS) is 11.4. The zero-order chi connectivity index (χ0) is 20.8. The van der Waals surface area contributed by atoms with Crippen LogP contribution in [-0.4, -0.2) is 34.8 Å². The first kappa shape index (κ1) is 20.5. The number of nitrogens with two attached hydrogens (primary N) is 1. The van der Waals surface area contributed by atoms with Crippen LogP contribution in [0.25, 0.3) is 0 Å². The van der Waals surface area contributed by atoms with E-state index in [0.717, 1.165) is 17.0 Å². The number of aryl methyl sites for hydroxylation is 1. The van der Waals surface area contributed by atoms with E-state index in [4.69, 9.17) is 15.3 Å². The highest BCUT2D eigenvalue weighted by molar-refractivity contribution is 7.98. The summed E-state index contributed by atoms with van der Waals surface area (Å²) in [7, 11) is 3.20. The van der Waals surface area contributed by atoms with Gasteiger partial charge in [0, 0.05) is 11.3 Å². The van der Waals surface area contributed by atoms with Crippen LogP contribution < -0.4 is 20.7 Å². The molecule has 3 aromatic rings. The molecule has 0 aliphatic carbocycles. The van der Waals surface area contributed by atoms with Crippen molar-refractivity contribution in [2.75, 3.05) is 25.5 Å². The third-order valence-electron chi connectivity index (χ3n) is 4.41. The number of thioether (sulfide) groups is 1. The smallest absolute Gasteiger partial charge is 0.264 e.